The van der Waals surface area contributed by atoms with E-state index in [1.807, 2.05) is 4.72 Å². The van der Waals surface area contributed by atoms with Gasteiger partial charge in [-0.2, -0.15) is 8.42 Å². The molecule has 13 heavy (non-hydrogen) atoms. The highest BCUT2D eigenvalue weighted by Crippen LogP contribution is 2.10. The van der Waals surface area contributed by atoms with Gasteiger partial charge in [0.1, 0.15) is 5.82 Å². The Bertz CT molecular complexity index is 415. The molecule has 0 unspecified atom stereocenters. The van der Waals surface area contributed by atoms with Gasteiger partial charge in [0, 0.05) is 0 Å². The minimum atomic E-state index is -4.24. The third-order valence-electron chi connectivity index (χ3n) is 1.34. The fourth-order valence-electron chi connectivity index (χ4n) is 0.822. The van der Waals surface area contributed by atoms with Crippen LogP contribution in [0.5, 0.6) is 0 Å². The number of rotatable bonds is 2. The molecule has 72 valence electrons. The summed E-state index contributed by atoms with van der Waals surface area (Å²) >= 11 is 0. The third-order valence-corrected chi connectivity index (χ3v) is 1.82. The fourth-order valence-corrected chi connectivity index (χ4v) is 1.30. The zero-order valence-electron chi connectivity index (χ0n) is 7.14. The molecule has 0 aliphatic carbocycles. The van der Waals surface area contributed by atoms with E-state index in [0.717, 1.165) is 0 Å². The van der Waals surface area contributed by atoms with Gasteiger partial charge in [0.15, 0.2) is 0 Å². The topological polar surface area (TPSA) is 92.2 Å². The molecule has 0 aliphatic heterocycles. The van der Waals surface area contributed by atoms with Gasteiger partial charge in [0.2, 0.25) is 0 Å². The number of nitrogens with one attached hydrogen (secondary N) is 1. The summed E-state index contributed by atoms with van der Waals surface area (Å²) in [6.07, 6.45) is 1.30. The maximum absolute atomic E-state index is 10.4. The number of hydrogen-bond donors (Lipinski definition) is 2. The molecule has 0 saturated heterocycles. The van der Waals surface area contributed by atoms with Gasteiger partial charge in [0.25, 0.3) is 0 Å². The van der Waals surface area contributed by atoms with E-state index in [2.05, 4.69) is 9.97 Å². The van der Waals surface area contributed by atoms with Crippen LogP contribution in [0.2, 0.25) is 0 Å². The average molecular weight is 203 g/mol. The zero-order chi connectivity index (χ0) is 10.1. The summed E-state index contributed by atoms with van der Waals surface area (Å²) in [6, 6.07) is 0. The van der Waals surface area contributed by atoms with Crippen molar-refractivity contribution in [2.45, 2.75) is 13.8 Å². The van der Waals surface area contributed by atoms with Gasteiger partial charge in [-0.15, -0.1) is 0 Å². The summed E-state index contributed by atoms with van der Waals surface area (Å²) in [5.74, 6) is 0.540. The van der Waals surface area contributed by atoms with Gasteiger partial charge in [-0.3, -0.25) is 9.27 Å². The van der Waals surface area contributed by atoms with E-state index in [4.69, 9.17) is 4.55 Å². The fraction of sp³-hybridized carbons (Fsp3) is 0.333. The molecule has 1 aromatic heterocycles. The second kappa shape index (κ2) is 3.27. The second-order valence-electron chi connectivity index (χ2n) is 2.49. The Morgan fingerprint density at radius 3 is 2.54 bits per heavy atom. The minimum absolute atomic E-state index is 0.174. The second-order valence-corrected chi connectivity index (χ2v) is 3.65. The van der Waals surface area contributed by atoms with Gasteiger partial charge < -0.3 is 0 Å². The molecular formula is C6H9N3O3S. The van der Waals surface area contributed by atoms with Gasteiger partial charge >= 0.3 is 10.3 Å². The van der Waals surface area contributed by atoms with Crippen molar-refractivity contribution in [3.8, 4) is 0 Å². The van der Waals surface area contributed by atoms with Crippen LogP contribution in [0.3, 0.4) is 0 Å². The van der Waals surface area contributed by atoms with E-state index in [1.54, 1.807) is 13.8 Å². The van der Waals surface area contributed by atoms with E-state index in [1.165, 1.54) is 6.20 Å². The van der Waals surface area contributed by atoms with Crippen molar-refractivity contribution in [3.05, 3.63) is 17.7 Å². The van der Waals surface area contributed by atoms with Crippen molar-refractivity contribution in [1.82, 2.24) is 9.97 Å². The summed E-state index contributed by atoms with van der Waals surface area (Å²) in [6.45, 7) is 3.30. The predicted molar refractivity (Wildman–Crippen MR) is 46.7 cm³/mol. The summed E-state index contributed by atoms with van der Waals surface area (Å²) in [4.78, 5) is 7.68. The summed E-state index contributed by atoms with van der Waals surface area (Å²) in [7, 11) is -4.24. The van der Waals surface area contributed by atoms with Crippen LogP contribution in [0.25, 0.3) is 0 Å². The number of aryl methyl sites for hydroxylation is 2. The molecule has 0 fully saturated rings. The van der Waals surface area contributed by atoms with Crippen LogP contribution in [-0.2, 0) is 10.3 Å². The van der Waals surface area contributed by atoms with Crippen molar-refractivity contribution < 1.29 is 13.0 Å². The van der Waals surface area contributed by atoms with E-state index < -0.39 is 10.3 Å². The number of aromatic nitrogens is 2. The molecule has 6 nitrogen and oxygen atoms in total. The normalized spacial score (nSPS) is 11.3. The Morgan fingerprint density at radius 1 is 1.46 bits per heavy atom. The highest BCUT2D eigenvalue weighted by Gasteiger charge is 2.07. The summed E-state index contributed by atoms with van der Waals surface area (Å²) < 4.78 is 31.2. The van der Waals surface area contributed by atoms with Crippen LogP contribution >= 0.6 is 0 Å². The number of nitrogens with zero attached hydrogens (tertiary/aromatic N) is 2. The van der Waals surface area contributed by atoms with Crippen LogP contribution in [0.1, 0.15) is 11.5 Å². The monoisotopic (exact) mass is 203 g/mol. The van der Waals surface area contributed by atoms with Crippen molar-refractivity contribution in [3.63, 3.8) is 0 Å². The lowest BCUT2D eigenvalue weighted by atomic mass is 10.4. The molecule has 0 spiro atoms. The molecular weight excluding hydrogens is 194 g/mol. The lowest BCUT2D eigenvalue weighted by molar-refractivity contribution is 0.489. The largest absolute Gasteiger partial charge is 0.357 e. The Labute approximate surface area is 75.9 Å². The Morgan fingerprint density at radius 2 is 2.08 bits per heavy atom. The molecule has 1 rings (SSSR count). The molecule has 2 N–H and O–H groups in total. The predicted octanol–water partition coefficient (Wildman–Crippen LogP) is 0.308. The lowest BCUT2D eigenvalue weighted by Gasteiger charge is -2.04. The van der Waals surface area contributed by atoms with Crippen molar-refractivity contribution >= 4 is 16.0 Å². The van der Waals surface area contributed by atoms with Gasteiger partial charge in [-0.1, -0.05) is 0 Å². The lowest BCUT2D eigenvalue weighted by Crippen LogP contribution is -2.12. The molecule has 0 bridgehead atoms. The first-order chi connectivity index (χ1) is 5.88. The van der Waals surface area contributed by atoms with E-state index >= 15 is 0 Å². The first-order valence-electron chi connectivity index (χ1n) is 3.44. The minimum Gasteiger partial charge on any atom is -0.269 e. The van der Waals surface area contributed by atoms with Crippen LogP contribution in [0, 0.1) is 13.8 Å². The zero-order valence-corrected chi connectivity index (χ0v) is 7.96. The van der Waals surface area contributed by atoms with E-state index in [-0.39, 0.29) is 5.69 Å². The quantitative estimate of drug-likeness (QED) is 0.675. The average Bonchev–Trinajstić information content (AvgIpc) is 1.93. The van der Waals surface area contributed by atoms with Crippen molar-refractivity contribution in [2.75, 3.05) is 4.72 Å². The molecule has 0 saturated carbocycles. The van der Waals surface area contributed by atoms with Crippen LogP contribution in [0.4, 0.5) is 5.69 Å². The number of hydrogen-bond acceptors (Lipinski definition) is 4. The van der Waals surface area contributed by atoms with Crippen LogP contribution < -0.4 is 4.72 Å². The van der Waals surface area contributed by atoms with Gasteiger partial charge in [-0.05, 0) is 13.8 Å². The molecule has 0 atom stereocenters. The molecule has 7 heteroatoms. The first-order valence-corrected chi connectivity index (χ1v) is 4.88. The van der Waals surface area contributed by atoms with Crippen molar-refractivity contribution in [2.24, 2.45) is 0 Å². The van der Waals surface area contributed by atoms with Crippen molar-refractivity contribution in [1.29, 1.82) is 0 Å². The molecule has 1 heterocycles. The maximum Gasteiger partial charge on any atom is 0.357 e. The maximum atomic E-state index is 10.4. The Hall–Kier alpha value is -1.21. The summed E-state index contributed by atoms with van der Waals surface area (Å²) in [5, 5.41) is 0. The molecule has 0 aromatic carbocycles. The van der Waals surface area contributed by atoms with Crippen LogP contribution in [0.15, 0.2) is 6.20 Å². The third kappa shape index (κ3) is 2.96. The van der Waals surface area contributed by atoms with Gasteiger partial charge in [0.05, 0.1) is 17.6 Å². The SMILES string of the molecule is Cc1ncc(NS(=O)(=O)O)c(C)n1. The molecule has 0 radical (unpaired) electrons. The van der Waals surface area contributed by atoms with Gasteiger partial charge in [-0.25, -0.2) is 9.97 Å². The Kier molecular flexibility index (Phi) is 2.48. The highest BCUT2D eigenvalue weighted by molar-refractivity contribution is 7.87. The number of anilines is 1. The van der Waals surface area contributed by atoms with Crippen LogP contribution in [-0.4, -0.2) is 22.9 Å². The smallest absolute Gasteiger partial charge is 0.269 e. The molecule has 0 aliphatic rings. The standard InChI is InChI=1S/C6H9N3O3S/c1-4-6(9-13(10,11)12)3-7-5(2)8-4/h3,9H,1-2H3,(H,10,11,12). The van der Waals surface area contributed by atoms with E-state index in [9.17, 15) is 8.42 Å². The summed E-state index contributed by atoms with van der Waals surface area (Å²) in [5.41, 5.74) is 0.637. The Balaban J connectivity index is 3.04. The molecule has 1 aromatic rings. The molecule has 0 amide bonds. The first kappa shape index (κ1) is 9.87. The highest BCUT2D eigenvalue weighted by atomic mass is 32.2. The van der Waals surface area contributed by atoms with E-state index in [0.29, 0.717) is 11.5 Å².